The Morgan fingerprint density at radius 2 is 2.09 bits per heavy atom. The lowest BCUT2D eigenvalue weighted by atomic mass is 10.00. The van der Waals surface area contributed by atoms with Crippen molar-refractivity contribution < 1.29 is 18.7 Å². The van der Waals surface area contributed by atoms with E-state index < -0.39 is 18.0 Å². The van der Waals surface area contributed by atoms with E-state index >= 15 is 4.39 Å². The van der Waals surface area contributed by atoms with Crippen molar-refractivity contribution in [2.75, 3.05) is 24.5 Å². The molecule has 0 aliphatic carbocycles. The van der Waals surface area contributed by atoms with Crippen LogP contribution in [0.5, 0.6) is 0 Å². The second-order valence-electron chi connectivity index (χ2n) is 8.62. The van der Waals surface area contributed by atoms with Gasteiger partial charge in [-0.3, -0.25) is 14.6 Å². The monoisotopic (exact) mass is 464 g/mol. The van der Waals surface area contributed by atoms with Gasteiger partial charge in [0.2, 0.25) is 5.91 Å². The Labute approximate surface area is 195 Å². The number of hydrogen-bond acceptors (Lipinski definition) is 6. The van der Waals surface area contributed by atoms with E-state index in [0.29, 0.717) is 11.3 Å². The number of nitrogens with zero attached hydrogens (tertiary/aromatic N) is 4. The van der Waals surface area contributed by atoms with Gasteiger partial charge >= 0.3 is 6.09 Å². The van der Waals surface area contributed by atoms with Crippen LogP contribution in [-0.4, -0.2) is 58.0 Å². The molecule has 34 heavy (non-hydrogen) atoms. The van der Waals surface area contributed by atoms with Gasteiger partial charge in [0.1, 0.15) is 11.9 Å². The number of rotatable bonds is 7. The molecule has 0 bridgehead atoms. The summed E-state index contributed by atoms with van der Waals surface area (Å²) in [5.74, 6) is -0.603. The van der Waals surface area contributed by atoms with Gasteiger partial charge in [-0.15, -0.1) is 0 Å². The molecule has 1 aromatic heterocycles. The van der Waals surface area contributed by atoms with Gasteiger partial charge in [0.05, 0.1) is 30.7 Å². The summed E-state index contributed by atoms with van der Waals surface area (Å²) in [4.78, 5) is 27.1. The van der Waals surface area contributed by atoms with Crippen LogP contribution in [0.25, 0.3) is 11.1 Å². The maximum atomic E-state index is 15.1. The smallest absolute Gasteiger partial charge is 0.414 e. The first kappa shape index (κ1) is 22.0. The first-order chi connectivity index (χ1) is 16.5. The van der Waals surface area contributed by atoms with Gasteiger partial charge in [-0.05, 0) is 41.0 Å². The normalized spacial score (nSPS) is 17.6. The summed E-state index contributed by atoms with van der Waals surface area (Å²) < 4.78 is 20.4. The van der Waals surface area contributed by atoms with Crippen LogP contribution in [-0.2, 0) is 29.0 Å². The Kier molecular flexibility index (Phi) is 5.97. The molecule has 0 radical (unpaired) electrons. The SMILES string of the molecule is CC(=O)NC[C@H]1CN(c2ccc(-c3ccc4c(c3)CN(CCc3cn[nH]n3)C4)c(F)c2)C(=O)O1. The number of halogens is 1. The summed E-state index contributed by atoms with van der Waals surface area (Å²) in [6.07, 6.45) is 1.53. The molecule has 1 saturated heterocycles. The van der Waals surface area contributed by atoms with Crippen LogP contribution >= 0.6 is 0 Å². The molecule has 0 spiro atoms. The quantitative estimate of drug-likeness (QED) is 0.557. The Balaban J connectivity index is 1.26. The van der Waals surface area contributed by atoms with Crippen LogP contribution in [0, 0.1) is 5.82 Å². The number of benzene rings is 2. The molecule has 1 fully saturated rings. The number of carbonyl (C=O) groups excluding carboxylic acids is 2. The van der Waals surface area contributed by atoms with Crippen LogP contribution in [0.1, 0.15) is 23.7 Å². The topological polar surface area (TPSA) is 103 Å². The summed E-state index contributed by atoms with van der Waals surface area (Å²) in [6.45, 7) is 4.40. The Bertz CT molecular complexity index is 1220. The molecule has 176 valence electrons. The van der Waals surface area contributed by atoms with Crippen molar-refractivity contribution in [3.05, 3.63) is 65.2 Å². The molecule has 0 unspecified atom stereocenters. The van der Waals surface area contributed by atoms with Crippen molar-refractivity contribution >= 4 is 17.7 Å². The number of nitrogens with one attached hydrogen (secondary N) is 2. The molecule has 2 aliphatic heterocycles. The number of fused-ring (bicyclic) bond motifs is 1. The molecule has 10 heteroatoms. The number of anilines is 1. The van der Waals surface area contributed by atoms with E-state index in [0.717, 1.165) is 37.3 Å². The molecule has 2 amide bonds. The van der Waals surface area contributed by atoms with Crippen molar-refractivity contribution in [2.45, 2.75) is 32.5 Å². The lowest BCUT2D eigenvalue weighted by Gasteiger charge is -2.15. The van der Waals surface area contributed by atoms with Crippen LogP contribution in [0.4, 0.5) is 14.9 Å². The van der Waals surface area contributed by atoms with Crippen molar-refractivity contribution in [2.24, 2.45) is 0 Å². The van der Waals surface area contributed by atoms with Crippen molar-refractivity contribution in [1.29, 1.82) is 0 Å². The predicted octanol–water partition coefficient (Wildman–Crippen LogP) is 2.63. The third kappa shape index (κ3) is 4.62. The Morgan fingerprint density at radius 3 is 2.85 bits per heavy atom. The Hall–Kier alpha value is -3.79. The van der Waals surface area contributed by atoms with Crippen LogP contribution in [0.15, 0.2) is 42.6 Å². The third-order valence-electron chi connectivity index (χ3n) is 6.17. The number of hydrogen-bond donors (Lipinski definition) is 2. The summed E-state index contributed by atoms with van der Waals surface area (Å²) in [5.41, 5.74) is 5.07. The van der Waals surface area contributed by atoms with Crippen molar-refractivity contribution in [1.82, 2.24) is 25.6 Å². The average molecular weight is 465 g/mol. The highest BCUT2D eigenvalue weighted by atomic mass is 19.1. The van der Waals surface area contributed by atoms with Crippen molar-refractivity contribution in [3.8, 4) is 11.1 Å². The van der Waals surface area contributed by atoms with Gasteiger partial charge in [0.15, 0.2) is 0 Å². The minimum absolute atomic E-state index is 0.197. The van der Waals surface area contributed by atoms with E-state index in [9.17, 15) is 9.59 Å². The van der Waals surface area contributed by atoms with Crippen LogP contribution < -0.4 is 10.2 Å². The molecule has 3 heterocycles. The minimum Gasteiger partial charge on any atom is -0.442 e. The van der Waals surface area contributed by atoms with E-state index in [2.05, 4.69) is 31.7 Å². The zero-order valence-corrected chi connectivity index (χ0v) is 18.8. The lowest BCUT2D eigenvalue weighted by molar-refractivity contribution is -0.119. The second kappa shape index (κ2) is 9.22. The summed E-state index contributed by atoms with van der Waals surface area (Å²) >= 11 is 0. The second-order valence-corrected chi connectivity index (χ2v) is 8.62. The predicted molar refractivity (Wildman–Crippen MR) is 122 cm³/mol. The van der Waals surface area contributed by atoms with Gasteiger partial charge in [0, 0.05) is 38.5 Å². The molecule has 2 aliphatic rings. The number of aromatic nitrogens is 3. The van der Waals surface area contributed by atoms with Gasteiger partial charge in [-0.1, -0.05) is 12.1 Å². The highest BCUT2D eigenvalue weighted by Gasteiger charge is 2.32. The molecule has 5 rings (SSSR count). The number of aromatic amines is 1. The summed E-state index contributed by atoms with van der Waals surface area (Å²) in [5, 5.41) is 13.2. The fourth-order valence-electron chi connectivity index (χ4n) is 4.41. The van der Waals surface area contributed by atoms with E-state index in [1.807, 2.05) is 12.1 Å². The summed E-state index contributed by atoms with van der Waals surface area (Å²) in [6, 6.07) is 10.8. The van der Waals surface area contributed by atoms with E-state index in [1.165, 1.54) is 29.0 Å². The number of H-pyrrole nitrogens is 1. The minimum atomic E-state index is -0.550. The average Bonchev–Trinajstić information content (AvgIpc) is 3.55. The zero-order valence-electron chi connectivity index (χ0n) is 18.8. The number of carbonyl (C=O) groups is 2. The molecule has 2 N–H and O–H groups in total. The number of cyclic esters (lactones) is 1. The largest absolute Gasteiger partial charge is 0.442 e. The van der Waals surface area contributed by atoms with Crippen LogP contribution in [0.3, 0.4) is 0 Å². The van der Waals surface area contributed by atoms with E-state index in [4.69, 9.17) is 4.74 Å². The first-order valence-corrected chi connectivity index (χ1v) is 11.2. The summed E-state index contributed by atoms with van der Waals surface area (Å²) in [7, 11) is 0. The third-order valence-corrected chi connectivity index (χ3v) is 6.17. The lowest BCUT2D eigenvalue weighted by Crippen LogP contribution is -2.33. The number of ether oxygens (including phenoxy) is 1. The zero-order chi connectivity index (χ0) is 23.7. The van der Waals surface area contributed by atoms with Gasteiger partial charge < -0.3 is 10.1 Å². The molecular formula is C24H25FN6O3. The maximum Gasteiger partial charge on any atom is 0.414 e. The molecule has 2 aromatic carbocycles. The van der Waals surface area contributed by atoms with E-state index in [-0.39, 0.29) is 19.0 Å². The fourth-order valence-corrected chi connectivity index (χ4v) is 4.41. The fraction of sp³-hybridized carbons (Fsp3) is 0.333. The highest BCUT2D eigenvalue weighted by molar-refractivity contribution is 5.90. The first-order valence-electron chi connectivity index (χ1n) is 11.2. The van der Waals surface area contributed by atoms with Gasteiger partial charge in [-0.25, -0.2) is 9.18 Å². The van der Waals surface area contributed by atoms with Gasteiger partial charge in [0.25, 0.3) is 0 Å². The molecule has 3 aromatic rings. The highest BCUT2D eigenvalue weighted by Crippen LogP contribution is 2.32. The van der Waals surface area contributed by atoms with Crippen LogP contribution in [0.2, 0.25) is 0 Å². The Morgan fingerprint density at radius 1 is 1.24 bits per heavy atom. The standard InChI is InChI=1S/C24H25FN6O3/c1-15(32)26-11-21-14-31(24(33)34-21)20-4-5-22(23(25)9-20)16-2-3-17-12-30(13-18(17)8-16)7-6-19-10-27-29-28-19/h2-5,8-10,21H,6-7,11-14H2,1H3,(H,26,32)(H,27,28,29)/t21-/m0/s1. The van der Waals surface area contributed by atoms with Gasteiger partial charge in [-0.2, -0.15) is 15.4 Å². The van der Waals surface area contributed by atoms with Crippen molar-refractivity contribution in [3.63, 3.8) is 0 Å². The molecule has 0 saturated carbocycles. The molecule has 9 nitrogen and oxygen atoms in total. The molecular weight excluding hydrogens is 439 g/mol. The number of amides is 2. The maximum absolute atomic E-state index is 15.1. The van der Waals surface area contributed by atoms with E-state index in [1.54, 1.807) is 18.3 Å². The molecule has 1 atom stereocenters.